The molecule has 3 nitrogen and oxygen atoms in total. The van der Waals surface area contributed by atoms with Gasteiger partial charge in [0.1, 0.15) is 6.04 Å². The van der Waals surface area contributed by atoms with Crippen molar-refractivity contribution in [3.8, 4) is 0 Å². The number of carbonyl (C=O) groups is 1. The van der Waals surface area contributed by atoms with Gasteiger partial charge >= 0.3 is 0 Å². The van der Waals surface area contributed by atoms with Crippen LogP contribution in [0.1, 0.15) is 34.6 Å². The van der Waals surface area contributed by atoms with E-state index in [0.29, 0.717) is 0 Å². The topological polar surface area (TPSA) is 41.1 Å². The van der Waals surface area contributed by atoms with Gasteiger partial charge in [-0.05, 0) is 34.6 Å². The van der Waals surface area contributed by atoms with Crippen molar-refractivity contribution in [1.29, 1.82) is 0 Å². The number of nitrogens with one attached hydrogen (secondary N) is 2. The van der Waals surface area contributed by atoms with E-state index in [1.54, 1.807) is 11.8 Å². The second kappa shape index (κ2) is 3.74. The van der Waals surface area contributed by atoms with Crippen LogP contribution in [0.5, 0.6) is 0 Å². The molecule has 0 radical (unpaired) electrons. The van der Waals surface area contributed by atoms with Crippen molar-refractivity contribution in [2.24, 2.45) is 0 Å². The Labute approximate surface area is 90.4 Å². The van der Waals surface area contributed by atoms with Crippen molar-refractivity contribution < 1.29 is 4.79 Å². The van der Waals surface area contributed by atoms with E-state index in [1.807, 2.05) is 20.8 Å². The summed E-state index contributed by atoms with van der Waals surface area (Å²) in [6.45, 7) is 10.2. The van der Waals surface area contributed by atoms with Crippen molar-refractivity contribution in [3.63, 3.8) is 0 Å². The fourth-order valence-electron chi connectivity index (χ4n) is 1.49. The SMILES string of the molecule is CC(C)(C)NC(=O)[C@@H]1NCSC1(C)C. The molecular formula is C10H20N2OS. The molecule has 1 heterocycles. The largest absolute Gasteiger partial charge is 0.350 e. The number of amides is 1. The lowest BCUT2D eigenvalue weighted by Crippen LogP contribution is -2.54. The summed E-state index contributed by atoms with van der Waals surface area (Å²) in [7, 11) is 0. The number of hydrogen-bond donors (Lipinski definition) is 2. The molecule has 1 rings (SSSR count). The van der Waals surface area contributed by atoms with Crippen LogP contribution in [0.25, 0.3) is 0 Å². The number of hydrogen-bond acceptors (Lipinski definition) is 3. The second-order valence-electron chi connectivity index (χ2n) is 5.27. The molecule has 1 atom stereocenters. The Balaban J connectivity index is 2.62. The molecule has 1 amide bonds. The molecular weight excluding hydrogens is 196 g/mol. The minimum atomic E-state index is -0.151. The molecule has 1 aliphatic heterocycles. The molecule has 1 fully saturated rings. The van der Waals surface area contributed by atoms with E-state index >= 15 is 0 Å². The molecule has 1 saturated heterocycles. The van der Waals surface area contributed by atoms with Gasteiger partial charge in [0.05, 0.1) is 0 Å². The third-order valence-electron chi connectivity index (χ3n) is 2.19. The van der Waals surface area contributed by atoms with Crippen molar-refractivity contribution in [1.82, 2.24) is 10.6 Å². The predicted octanol–water partition coefficient (Wildman–Crippen LogP) is 1.34. The molecule has 0 bridgehead atoms. The molecule has 0 aromatic rings. The Morgan fingerprint density at radius 2 is 2.07 bits per heavy atom. The van der Waals surface area contributed by atoms with Gasteiger partial charge in [-0.25, -0.2) is 0 Å². The number of rotatable bonds is 1. The standard InChI is InChI=1S/C10H20N2OS/c1-9(2,3)12-8(13)7-10(4,5)14-6-11-7/h7,11H,6H2,1-5H3,(H,12,13)/t7-/m0/s1. The van der Waals surface area contributed by atoms with Crippen LogP contribution in [0.3, 0.4) is 0 Å². The van der Waals surface area contributed by atoms with Gasteiger partial charge in [0.15, 0.2) is 0 Å². The highest BCUT2D eigenvalue weighted by atomic mass is 32.2. The molecule has 0 unspecified atom stereocenters. The highest BCUT2D eigenvalue weighted by Gasteiger charge is 2.40. The molecule has 4 heteroatoms. The summed E-state index contributed by atoms with van der Waals surface area (Å²) in [5.41, 5.74) is -0.151. The summed E-state index contributed by atoms with van der Waals surface area (Å²) >= 11 is 1.79. The average Bonchev–Trinajstić information content (AvgIpc) is 2.25. The van der Waals surface area contributed by atoms with E-state index < -0.39 is 0 Å². The predicted molar refractivity (Wildman–Crippen MR) is 61.4 cm³/mol. The van der Waals surface area contributed by atoms with Gasteiger partial charge in [0, 0.05) is 16.2 Å². The van der Waals surface area contributed by atoms with Gasteiger partial charge in [0.2, 0.25) is 5.91 Å². The lowest BCUT2D eigenvalue weighted by Gasteiger charge is -2.28. The maximum Gasteiger partial charge on any atom is 0.238 e. The zero-order valence-electron chi connectivity index (χ0n) is 9.60. The third-order valence-corrected chi connectivity index (χ3v) is 3.48. The number of thioether (sulfide) groups is 1. The minimum absolute atomic E-state index is 0.00463. The van der Waals surface area contributed by atoms with Gasteiger partial charge < -0.3 is 5.32 Å². The van der Waals surface area contributed by atoms with Gasteiger partial charge in [-0.3, -0.25) is 10.1 Å². The lowest BCUT2D eigenvalue weighted by molar-refractivity contribution is -0.124. The second-order valence-corrected chi connectivity index (χ2v) is 6.90. The Morgan fingerprint density at radius 1 is 1.50 bits per heavy atom. The molecule has 0 saturated carbocycles. The van der Waals surface area contributed by atoms with E-state index in [0.717, 1.165) is 5.88 Å². The van der Waals surface area contributed by atoms with Crippen LogP contribution in [0.4, 0.5) is 0 Å². The van der Waals surface area contributed by atoms with Crippen LogP contribution in [0.15, 0.2) is 0 Å². The Bertz CT molecular complexity index is 233. The Hall–Kier alpha value is -0.220. The first kappa shape index (κ1) is 11.9. The van der Waals surface area contributed by atoms with Crippen LogP contribution in [-0.4, -0.2) is 28.1 Å². The van der Waals surface area contributed by atoms with Gasteiger partial charge in [-0.15, -0.1) is 11.8 Å². The van der Waals surface area contributed by atoms with E-state index in [2.05, 4.69) is 24.5 Å². The fraction of sp³-hybridized carbons (Fsp3) is 0.900. The average molecular weight is 216 g/mol. The third kappa shape index (κ3) is 2.89. The zero-order chi connectivity index (χ0) is 11.0. The van der Waals surface area contributed by atoms with Crippen molar-refractivity contribution in [3.05, 3.63) is 0 Å². The van der Waals surface area contributed by atoms with E-state index in [4.69, 9.17) is 0 Å². The van der Waals surface area contributed by atoms with Gasteiger partial charge in [-0.1, -0.05) is 0 Å². The smallest absolute Gasteiger partial charge is 0.238 e. The first-order chi connectivity index (χ1) is 6.22. The molecule has 2 N–H and O–H groups in total. The minimum Gasteiger partial charge on any atom is -0.350 e. The fourth-order valence-corrected chi connectivity index (χ4v) is 2.47. The van der Waals surface area contributed by atoms with Crippen LogP contribution in [0, 0.1) is 0 Å². The van der Waals surface area contributed by atoms with Crippen molar-refractivity contribution in [2.75, 3.05) is 5.88 Å². The van der Waals surface area contributed by atoms with Crippen molar-refractivity contribution >= 4 is 17.7 Å². The lowest BCUT2D eigenvalue weighted by atomic mass is 10.0. The first-order valence-corrected chi connectivity index (χ1v) is 5.90. The maximum absolute atomic E-state index is 11.9. The summed E-state index contributed by atoms with van der Waals surface area (Å²) in [5, 5.41) is 6.22. The van der Waals surface area contributed by atoms with E-state index in [-0.39, 0.29) is 22.2 Å². The summed E-state index contributed by atoms with van der Waals surface area (Å²) in [6.07, 6.45) is 0. The van der Waals surface area contributed by atoms with Gasteiger partial charge in [0.25, 0.3) is 0 Å². The summed E-state index contributed by atoms with van der Waals surface area (Å²) in [5.74, 6) is 0.961. The highest BCUT2D eigenvalue weighted by molar-refractivity contribution is 8.00. The van der Waals surface area contributed by atoms with Crippen molar-refractivity contribution in [2.45, 2.75) is 50.9 Å². The Kier molecular flexibility index (Phi) is 3.17. The molecule has 0 aliphatic carbocycles. The molecule has 0 aromatic carbocycles. The normalized spacial score (nSPS) is 26.2. The number of carbonyl (C=O) groups excluding carboxylic acids is 1. The highest BCUT2D eigenvalue weighted by Crippen LogP contribution is 2.33. The maximum atomic E-state index is 11.9. The first-order valence-electron chi connectivity index (χ1n) is 4.92. The molecule has 0 spiro atoms. The van der Waals surface area contributed by atoms with E-state index in [1.165, 1.54) is 0 Å². The van der Waals surface area contributed by atoms with Crippen LogP contribution >= 0.6 is 11.8 Å². The Morgan fingerprint density at radius 3 is 2.43 bits per heavy atom. The van der Waals surface area contributed by atoms with Crippen LogP contribution in [0.2, 0.25) is 0 Å². The molecule has 1 aliphatic rings. The quantitative estimate of drug-likeness (QED) is 0.695. The summed E-state index contributed by atoms with van der Waals surface area (Å²) in [4.78, 5) is 11.9. The van der Waals surface area contributed by atoms with Gasteiger partial charge in [-0.2, -0.15) is 0 Å². The van der Waals surface area contributed by atoms with Crippen LogP contribution in [-0.2, 0) is 4.79 Å². The van der Waals surface area contributed by atoms with Crippen LogP contribution < -0.4 is 10.6 Å². The monoisotopic (exact) mass is 216 g/mol. The van der Waals surface area contributed by atoms with E-state index in [9.17, 15) is 4.79 Å². The summed E-state index contributed by atoms with van der Waals surface area (Å²) < 4.78 is -0.00463. The molecule has 0 aromatic heterocycles. The molecule has 82 valence electrons. The zero-order valence-corrected chi connectivity index (χ0v) is 10.4. The molecule has 14 heavy (non-hydrogen) atoms. The summed E-state index contributed by atoms with van der Waals surface area (Å²) in [6, 6.07) is -0.0771.